The second kappa shape index (κ2) is 10.6. The molecule has 0 saturated carbocycles. The molecule has 0 aliphatic carbocycles. The molecule has 196 valence electrons. The molecule has 8 nitrogen and oxygen atoms in total. The number of piperazine rings is 1. The van der Waals surface area contributed by atoms with E-state index in [1.807, 2.05) is 19.9 Å². The molecule has 3 aromatic rings. The number of rotatable bonds is 7. The van der Waals surface area contributed by atoms with Crippen molar-refractivity contribution in [3.05, 3.63) is 89.5 Å². The Morgan fingerprint density at radius 3 is 1.78 bits per heavy atom. The third-order valence-electron chi connectivity index (χ3n) is 6.52. The maximum Gasteiger partial charge on any atom is 0.264 e. The van der Waals surface area contributed by atoms with Crippen LogP contribution in [0.4, 0.5) is 5.69 Å². The molecule has 1 saturated heterocycles. The van der Waals surface area contributed by atoms with E-state index in [1.54, 1.807) is 61.5 Å². The van der Waals surface area contributed by atoms with Gasteiger partial charge in [-0.05, 0) is 56.7 Å². The van der Waals surface area contributed by atoms with Crippen LogP contribution in [0.25, 0.3) is 0 Å². The molecule has 0 radical (unpaired) electrons. The Kier molecular flexibility index (Phi) is 7.72. The molecule has 3 aromatic carbocycles. The topological polar surface area (TPSA) is 95.1 Å². The summed E-state index contributed by atoms with van der Waals surface area (Å²) in [5, 5.41) is 0. The normalized spacial score (nSPS) is 14.9. The van der Waals surface area contributed by atoms with Crippen molar-refractivity contribution in [2.24, 2.45) is 0 Å². The molecule has 0 unspecified atom stereocenters. The highest BCUT2D eigenvalue weighted by Gasteiger charge is 2.33. The number of para-hydroxylation sites is 1. The summed E-state index contributed by atoms with van der Waals surface area (Å²) in [6.07, 6.45) is 0. The summed E-state index contributed by atoms with van der Waals surface area (Å²) < 4.78 is 55.8. The number of anilines is 1. The average Bonchev–Trinajstić information content (AvgIpc) is 2.88. The minimum atomic E-state index is -4.02. The Labute approximate surface area is 219 Å². The van der Waals surface area contributed by atoms with Crippen molar-refractivity contribution in [3.8, 4) is 0 Å². The first kappa shape index (κ1) is 26.8. The fourth-order valence-corrected chi connectivity index (χ4v) is 7.14. The number of nitrogens with zero attached hydrogens (tertiary/aromatic N) is 3. The van der Waals surface area contributed by atoms with Crippen molar-refractivity contribution in [2.75, 3.05) is 37.0 Å². The molecule has 1 heterocycles. The Morgan fingerprint density at radius 1 is 0.730 bits per heavy atom. The van der Waals surface area contributed by atoms with Crippen LogP contribution < -0.4 is 4.31 Å². The van der Waals surface area contributed by atoms with Crippen molar-refractivity contribution in [1.82, 2.24) is 9.21 Å². The summed E-state index contributed by atoms with van der Waals surface area (Å²) in [7, 11) is -7.69. The van der Waals surface area contributed by atoms with E-state index in [4.69, 9.17) is 0 Å². The van der Waals surface area contributed by atoms with E-state index >= 15 is 0 Å². The second-order valence-corrected chi connectivity index (χ2v) is 13.0. The number of sulfonamides is 2. The summed E-state index contributed by atoms with van der Waals surface area (Å²) in [5.41, 5.74) is 3.04. The van der Waals surface area contributed by atoms with Gasteiger partial charge in [-0.2, -0.15) is 4.31 Å². The maximum absolute atomic E-state index is 13.6. The first-order valence-electron chi connectivity index (χ1n) is 12.0. The van der Waals surface area contributed by atoms with Crippen LogP contribution in [-0.4, -0.2) is 64.7 Å². The van der Waals surface area contributed by atoms with Gasteiger partial charge in [0.1, 0.15) is 6.54 Å². The Balaban J connectivity index is 1.53. The van der Waals surface area contributed by atoms with Gasteiger partial charge in [-0.1, -0.05) is 53.6 Å². The molecule has 1 amide bonds. The summed E-state index contributed by atoms with van der Waals surface area (Å²) in [5.74, 6) is -0.383. The largest absolute Gasteiger partial charge is 0.338 e. The van der Waals surface area contributed by atoms with Gasteiger partial charge in [-0.3, -0.25) is 9.10 Å². The van der Waals surface area contributed by atoms with E-state index in [2.05, 4.69) is 0 Å². The van der Waals surface area contributed by atoms with Crippen LogP contribution in [0.15, 0.2) is 82.6 Å². The molecule has 1 aliphatic rings. The molecule has 0 spiro atoms. The molecule has 0 aromatic heterocycles. The van der Waals surface area contributed by atoms with E-state index in [9.17, 15) is 21.6 Å². The molecular weight excluding hydrogens is 510 g/mol. The Hall–Kier alpha value is -3.21. The fraction of sp³-hybridized carbons (Fsp3) is 0.296. The molecule has 0 bridgehead atoms. The highest BCUT2D eigenvalue weighted by molar-refractivity contribution is 7.92. The first-order valence-corrected chi connectivity index (χ1v) is 14.9. The number of carbonyl (C=O) groups is 1. The minimum Gasteiger partial charge on any atom is -0.338 e. The zero-order chi connectivity index (χ0) is 26.8. The molecule has 0 N–H and O–H groups in total. The molecule has 1 aliphatic heterocycles. The summed E-state index contributed by atoms with van der Waals surface area (Å²) in [6.45, 7) is 5.80. The van der Waals surface area contributed by atoms with Crippen molar-refractivity contribution < 1.29 is 21.6 Å². The Morgan fingerprint density at radius 2 is 1.24 bits per heavy atom. The van der Waals surface area contributed by atoms with Gasteiger partial charge >= 0.3 is 0 Å². The number of benzene rings is 3. The number of carbonyl (C=O) groups excluding carboxylic acids is 1. The monoisotopic (exact) mass is 541 g/mol. The number of hydrogen-bond donors (Lipinski definition) is 0. The molecule has 1 fully saturated rings. The van der Waals surface area contributed by atoms with Crippen molar-refractivity contribution in [2.45, 2.75) is 30.6 Å². The fourth-order valence-electron chi connectivity index (χ4n) is 4.24. The van der Waals surface area contributed by atoms with Gasteiger partial charge < -0.3 is 4.90 Å². The summed E-state index contributed by atoms with van der Waals surface area (Å²) in [4.78, 5) is 15.2. The maximum atomic E-state index is 13.6. The van der Waals surface area contributed by atoms with Gasteiger partial charge in [0.2, 0.25) is 15.9 Å². The van der Waals surface area contributed by atoms with Crippen molar-refractivity contribution in [3.63, 3.8) is 0 Å². The lowest BCUT2D eigenvalue weighted by Crippen LogP contribution is -2.53. The molecular formula is C27H31N3O5S2. The third kappa shape index (κ3) is 5.71. The lowest BCUT2D eigenvalue weighted by Gasteiger charge is -2.35. The van der Waals surface area contributed by atoms with E-state index < -0.39 is 20.0 Å². The van der Waals surface area contributed by atoms with Crippen molar-refractivity contribution >= 4 is 31.6 Å². The average molecular weight is 542 g/mol. The second-order valence-electron chi connectivity index (χ2n) is 9.21. The van der Waals surface area contributed by atoms with E-state index in [-0.39, 0.29) is 48.4 Å². The van der Waals surface area contributed by atoms with Crippen LogP contribution in [0.1, 0.15) is 16.7 Å². The van der Waals surface area contributed by atoms with E-state index in [0.717, 1.165) is 21.0 Å². The lowest BCUT2D eigenvalue weighted by atomic mass is 10.2. The molecule has 0 atom stereocenters. The zero-order valence-electron chi connectivity index (χ0n) is 21.2. The van der Waals surface area contributed by atoms with Crippen LogP contribution in [0.5, 0.6) is 0 Å². The number of hydrogen-bond acceptors (Lipinski definition) is 5. The predicted octanol–water partition coefficient (Wildman–Crippen LogP) is 3.34. The molecule has 37 heavy (non-hydrogen) atoms. The summed E-state index contributed by atoms with van der Waals surface area (Å²) in [6, 6.07) is 20.2. The SMILES string of the molecule is Cc1ccc(S(=O)(=O)N2CCN(C(=O)CN(c3ccccc3C)S(=O)(=O)c3ccc(C)cc3)CC2)cc1. The van der Waals surface area contributed by atoms with Crippen molar-refractivity contribution in [1.29, 1.82) is 0 Å². The summed E-state index contributed by atoms with van der Waals surface area (Å²) >= 11 is 0. The van der Waals surface area contributed by atoms with Crippen LogP contribution >= 0.6 is 0 Å². The third-order valence-corrected chi connectivity index (χ3v) is 10.2. The van der Waals surface area contributed by atoms with Gasteiger partial charge in [0.25, 0.3) is 10.0 Å². The van der Waals surface area contributed by atoms with E-state index in [1.165, 1.54) is 21.3 Å². The zero-order valence-corrected chi connectivity index (χ0v) is 22.8. The van der Waals surface area contributed by atoms with Crippen LogP contribution in [0, 0.1) is 20.8 Å². The first-order chi connectivity index (χ1) is 17.5. The minimum absolute atomic E-state index is 0.100. The predicted molar refractivity (Wildman–Crippen MR) is 143 cm³/mol. The van der Waals surface area contributed by atoms with Gasteiger partial charge in [0.15, 0.2) is 0 Å². The highest BCUT2D eigenvalue weighted by Crippen LogP contribution is 2.27. The van der Waals surface area contributed by atoms with Crippen LogP contribution in [-0.2, 0) is 24.8 Å². The number of aryl methyl sites for hydroxylation is 3. The highest BCUT2D eigenvalue weighted by atomic mass is 32.2. The van der Waals surface area contributed by atoms with Gasteiger partial charge in [-0.25, -0.2) is 16.8 Å². The van der Waals surface area contributed by atoms with Gasteiger partial charge in [0.05, 0.1) is 15.5 Å². The lowest BCUT2D eigenvalue weighted by molar-refractivity contribution is -0.130. The smallest absolute Gasteiger partial charge is 0.264 e. The molecule has 4 rings (SSSR count). The van der Waals surface area contributed by atoms with Crippen LogP contribution in [0.3, 0.4) is 0 Å². The van der Waals surface area contributed by atoms with E-state index in [0.29, 0.717) is 5.69 Å². The Bertz CT molecular complexity index is 1480. The van der Waals surface area contributed by atoms with Crippen LogP contribution in [0.2, 0.25) is 0 Å². The van der Waals surface area contributed by atoms with Gasteiger partial charge in [-0.15, -0.1) is 0 Å². The standard InChI is InChI=1S/C27H31N3O5S2/c1-21-8-12-24(13-9-21)36(32,33)29-18-16-28(17-19-29)27(31)20-30(26-7-5-4-6-23(26)3)37(34,35)25-14-10-22(2)11-15-25/h4-15H,16-20H2,1-3H3. The van der Waals surface area contributed by atoms with Gasteiger partial charge in [0, 0.05) is 26.2 Å². The quantitative estimate of drug-likeness (QED) is 0.457. The number of amides is 1. The molecule has 10 heteroatoms.